The van der Waals surface area contributed by atoms with E-state index in [1.165, 1.54) is 12.8 Å². The van der Waals surface area contributed by atoms with Crippen LogP contribution in [-0.2, 0) is 9.59 Å². The molecule has 2 aliphatic rings. The molecule has 2 fully saturated rings. The molecule has 2 unspecified atom stereocenters. The molecule has 2 aliphatic heterocycles. The first kappa shape index (κ1) is 14.3. The maximum absolute atomic E-state index is 12.3. The lowest BCUT2D eigenvalue weighted by Gasteiger charge is -2.34. The molecule has 0 bridgehead atoms. The number of hydrogen-bond acceptors (Lipinski definition) is 3. The molecule has 2 amide bonds. The van der Waals surface area contributed by atoms with Crippen molar-refractivity contribution >= 4 is 11.8 Å². The summed E-state index contributed by atoms with van der Waals surface area (Å²) < 4.78 is 0. The van der Waals surface area contributed by atoms with E-state index in [1.807, 2.05) is 4.90 Å². The van der Waals surface area contributed by atoms with E-state index in [0.717, 1.165) is 6.54 Å². The van der Waals surface area contributed by atoms with Gasteiger partial charge in [0.05, 0.1) is 0 Å². The molecule has 2 rings (SSSR count). The summed E-state index contributed by atoms with van der Waals surface area (Å²) in [5.74, 6) is 0.514. The van der Waals surface area contributed by atoms with Gasteiger partial charge in [-0.1, -0.05) is 6.92 Å². The Morgan fingerprint density at radius 1 is 1.26 bits per heavy atom. The van der Waals surface area contributed by atoms with E-state index in [4.69, 9.17) is 5.73 Å². The zero-order valence-corrected chi connectivity index (χ0v) is 11.7. The van der Waals surface area contributed by atoms with Crippen LogP contribution in [0.4, 0.5) is 0 Å². The maximum Gasteiger partial charge on any atom is 0.224 e. The Kier molecular flexibility index (Phi) is 4.80. The molecule has 0 radical (unpaired) electrons. The minimum absolute atomic E-state index is 0.0456. The second-order valence-electron chi connectivity index (χ2n) is 5.94. The second-order valence-corrected chi connectivity index (χ2v) is 5.94. The normalized spacial score (nSPS) is 29.2. The summed E-state index contributed by atoms with van der Waals surface area (Å²) in [5, 5.41) is 3.44. The molecule has 19 heavy (non-hydrogen) atoms. The van der Waals surface area contributed by atoms with Crippen LogP contribution in [0.25, 0.3) is 0 Å². The monoisotopic (exact) mass is 267 g/mol. The van der Waals surface area contributed by atoms with Gasteiger partial charge in [0.15, 0.2) is 0 Å². The molecule has 0 aromatic rings. The fraction of sp³-hybridized carbons (Fsp3) is 0.857. The van der Waals surface area contributed by atoms with Crippen molar-refractivity contribution in [3.63, 3.8) is 0 Å². The van der Waals surface area contributed by atoms with Gasteiger partial charge in [0.25, 0.3) is 0 Å². The van der Waals surface area contributed by atoms with Gasteiger partial charge in [-0.05, 0) is 38.1 Å². The first-order chi connectivity index (χ1) is 9.08. The fourth-order valence-electron chi connectivity index (χ4n) is 3.12. The van der Waals surface area contributed by atoms with Gasteiger partial charge in [0.1, 0.15) is 0 Å². The highest BCUT2D eigenvalue weighted by molar-refractivity contribution is 5.79. The van der Waals surface area contributed by atoms with Gasteiger partial charge < -0.3 is 16.0 Å². The highest BCUT2D eigenvalue weighted by atomic mass is 16.2. The third-order valence-electron chi connectivity index (χ3n) is 4.57. The van der Waals surface area contributed by atoms with Crippen molar-refractivity contribution in [1.29, 1.82) is 0 Å². The molecule has 2 atom stereocenters. The minimum Gasteiger partial charge on any atom is -0.369 e. The largest absolute Gasteiger partial charge is 0.369 e. The minimum atomic E-state index is -0.227. The van der Waals surface area contributed by atoms with E-state index in [0.29, 0.717) is 44.3 Å². The van der Waals surface area contributed by atoms with E-state index in [9.17, 15) is 9.59 Å². The summed E-state index contributed by atoms with van der Waals surface area (Å²) in [7, 11) is 0. The van der Waals surface area contributed by atoms with Crippen molar-refractivity contribution in [1.82, 2.24) is 10.2 Å². The van der Waals surface area contributed by atoms with Gasteiger partial charge >= 0.3 is 0 Å². The van der Waals surface area contributed by atoms with E-state index < -0.39 is 0 Å². The first-order valence-electron chi connectivity index (χ1n) is 7.38. The van der Waals surface area contributed by atoms with Crippen molar-refractivity contribution in [2.24, 2.45) is 17.6 Å². The van der Waals surface area contributed by atoms with E-state index >= 15 is 0 Å². The van der Waals surface area contributed by atoms with Crippen LogP contribution in [0, 0.1) is 11.8 Å². The van der Waals surface area contributed by atoms with Crippen LogP contribution in [0.3, 0.4) is 0 Å². The molecule has 0 aliphatic carbocycles. The summed E-state index contributed by atoms with van der Waals surface area (Å²) >= 11 is 0. The SMILES string of the molecule is CC1CCCNC1CC(=O)N1CCC(C(N)=O)CC1. The predicted octanol–water partition coefficient (Wildman–Crippen LogP) is 0.489. The van der Waals surface area contributed by atoms with E-state index in [1.54, 1.807) is 0 Å². The van der Waals surface area contributed by atoms with E-state index in [-0.39, 0.29) is 17.7 Å². The lowest BCUT2D eigenvalue weighted by molar-refractivity contribution is -0.135. The standard InChI is InChI=1S/C14H25N3O2/c1-10-3-2-6-16-12(10)9-13(18)17-7-4-11(5-8-17)14(15)19/h10-12,16H,2-9H2,1H3,(H2,15,19). The van der Waals surface area contributed by atoms with Crippen molar-refractivity contribution in [2.75, 3.05) is 19.6 Å². The molecule has 5 heteroatoms. The number of nitrogens with zero attached hydrogens (tertiary/aromatic N) is 1. The Morgan fingerprint density at radius 3 is 2.53 bits per heavy atom. The van der Waals surface area contributed by atoms with Gasteiger partial charge in [-0.25, -0.2) is 0 Å². The summed E-state index contributed by atoms with van der Waals surface area (Å²) in [6.07, 6.45) is 4.43. The van der Waals surface area contributed by atoms with Crippen LogP contribution in [0.2, 0.25) is 0 Å². The number of nitrogens with one attached hydrogen (secondary N) is 1. The quantitative estimate of drug-likeness (QED) is 0.781. The number of likely N-dealkylation sites (tertiary alicyclic amines) is 1. The Labute approximate surface area is 114 Å². The summed E-state index contributed by atoms with van der Waals surface area (Å²) in [5.41, 5.74) is 5.30. The van der Waals surface area contributed by atoms with Crippen molar-refractivity contribution in [2.45, 2.75) is 45.1 Å². The molecule has 2 heterocycles. The molecule has 3 N–H and O–H groups in total. The van der Waals surface area contributed by atoms with Crippen molar-refractivity contribution in [3.8, 4) is 0 Å². The van der Waals surface area contributed by atoms with Crippen LogP contribution < -0.4 is 11.1 Å². The third-order valence-corrected chi connectivity index (χ3v) is 4.57. The second kappa shape index (κ2) is 6.37. The highest BCUT2D eigenvalue weighted by Crippen LogP contribution is 2.21. The smallest absolute Gasteiger partial charge is 0.224 e. The maximum atomic E-state index is 12.3. The Morgan fingerprint density at radius 2 is 1.95 bits per heavy atom. The molecule has 5 nitrogen and oxygen atoms in total. The highest BCUT2D eigenvalue weighted by Gasteiger charge is 2.29. The lowest BCUT2D eigenvalue weighted by Crippen LogP contribution is -2.47. The molecule has 0 saturated carbocycles. The molecule has 108 valence electrons. The third kappa shape index (κ3) is 3.69. The number of nitrogens with two attached hydrogens (primary N) is 1. The molecule has 2 saturated heterocycles. The van der Waals surface area contributed by atoms with Crippen LogP contribution in [0.5, 0.6) is 0 Å². The van der Waals surface area contributed by atoms with Crippen LogP contribution in [-0.4, -0.2) is 42.4 Å². The topological polar surface area (TPSA) is 75.4 Å². The summed E-state index contributed by atoms with van der Waals surface area (Å²) in [6, 6.07) is 0.315. The molecule has 0 spiro atoms. The van der Waals surface area contributed by atoms with Crippen molar-refractivity contribution < 1.29 is 9.59 Å². The van der Waals surface area contributed by atoms with Crippen LogP contribution >= 0.6 is 0 Å². The molecular formula is C14H25N3O2. The lowest BCUT2D eigenvalue weighted by atomic mass is 9.89. The van der Waals surface area contributed by atoms with Crippen LogP contribution in [0.15, 0.2) is 0 Å². The molecular weight excluding hydrogens is 242 g/mol. The van der Waals surface area contributed by atoms with Gasteiger partial charge in [0.2, 0.25) is 11.8 Å². The number of hydrogen-bond donors (Lipinski definition) is 2. The van der Waals surface area contributed by atoms with Gasteiger partial charge in [-0.2, -0.15) is 0 Å². The number of rotatable bonds is 3. The van der Waals surface area contributed by atoms with E-state index in [2.05, 4.69) is 12.2 Å². The predicted molar refractivity (Wildman–Crippen MR) is 73.3 cm³/mol. The number of amides is 2. The average Bonchev–Trinajstić information content (AvgIpc) is 2.41. The van der Waals surface area contributed by atoms with Crippen LogP contribution in [0.1, 0.15) is 39.0 Å². The van der Waals surface area contributed by atoms with Crippen molar-refractivity contribution in [3.05, 3.63) is 0 Å². The number of carbonyl (C=O) groups excluding carboxylic acids is 2. The zero-order valence-electron chi connectivity index (χ0n) is 11.7. The summed E-state index contributed by atoms with van der Waals surface area (Å²) in [4.78, 5) is 25.2. The zero-order chi connectivity index (χ0) is 13.8. The number of carbonyl (C=O) groups is 2. The fourth-order valence-corrected chi connectivity index (χ4v) is 3.12. The Balaban J connectivity index is 1.79. The first-order valence-corrected chi connectivity index (χ1v) is 7.38. The molecule has 0 aromatic heterocycles. The van der Waals surface area contributed by atoms with Gasteiger partial charge in [-0.3, -0.25) is 9.59 Å². The van der Waals surface area contributed by atoms with Gasteiger partial charge in [0, 0.05) is 31.5 Å². The molecule has 0 aromatic carbocycles. The Hall–Kier alpha value is -1.10. The number of primary amides is 1. The number of piperidine rings is 2. The Bertz CT molecular complexity index is 338. The average molecular weight is 267 g/mol. The van der Waals surface area contributed by atoms with Gasteiger partial charge in [-0.15, -0.1) is 0 Å². The summed E-state index contributed by atoms with van der Waals surface area (Å²) in [6.45, 7) is 4.58.